The molecular weight excluding hydrogens is 408 g/mol. The van der Waals surface area contributed by atoms with Gasteiger partial charge in [-0.3, -0.25) is 9.59 Å². The number of benzene rings is 2. The average Bonchev–Trinajstić information content (AvgIpc) is 2.65. The number of rotatable bonds is 8. The summed E-state index contributed by atoms with van der Waals surface area (Å²) < 4.78 is 6.43. The Balaban J connectivity index is 2.00. The standard InChI is InChI=1S/C21H25BrN2O3/c1-4-11-23-20(25)15-5-8-17(9-6-15)24-21(26)16-7-10-19(18(22)12-16)27-13-14(2)3/h5-10,12,14H,4,11,13H2,1-3H3,(H,23,25)(H,24,26). The van der Waals surface area contributed by atoms with Gasteiger partial charge in [-0.05, 0) is 70.7 Å². The molecule has 0 saturated carbocycles. The van der Waals surface area contributed by atoms with Gasteiger partial charge in [0.05, 0.1) is 11.1 Å². The Morgan fingerprint density at radius 2 is 1.70 bits per heavy atom. The van der Waals surface area contributed by atoms with Crippen molar-refractivity contribution in [1.82, 2.24) is 5.32 Å². The molecule has 2 aromatic carbocycles. The molecule has 0 unspecified atom stereocenters. The molecule has 2 amide bonds. The van der Waals surface area contributed by atoms with E-state index in [2.05, 4.69) is 40.4 Å². The van der Waals surface area contributed by atoms with E-state index >= 15 is 0 Å². The third-order valence-corrected chi connectivity index (χ3v) is 4.33. The van der Waals surface area contributed by atoms with E-state index in [1.807, 2.05) is 6.92 Å². The molecule has 0 atom stereocenters. The zero-order valence-corrected chi connectivity index (χ0v) is 17.4. The second-order valence-corrected chi connectivity index (χ2v) is 7.49. The van der Waals surface area contributed by atoms with Crippen molar-refractivity contribution in [2.75, 3.05) is 18.5 Å². The smallest absolute Gasteiger partial charge is 0.255 e. The molecule has 144 valence electrons. The summed E-state index contributed by atoms with van der Waals surface area (Å²) in [5, 5.41) is 5.65. The van der Waals surface area contributed by atoms with Crippen molar-refractivity contribution in [3.8, 4) is 5.75 Å². The second-order valence-electron chi connectivity index (χ2n) is 6.64. The van der Waals surface area contributed by atoms with Gasteiger partial charge in [-0.2, -0.15) is 0 Å². The van der Waals surface area contributed by atoms with Gasteiger partial charge in [0, 0.05) is 23.4 Å². The largest absolute Gasteiger partial charge is 0.492 e. The molecule has 0 aliphatic carbocycles. The lowest BCUT2D eigenvalue weighted by Gasteiger charge is -2.12. The van der Waals surface area contributed by atoms with E-state index in [0.29, 0.717) is 41.6 Å². The number of carbonyl (C=O) groups is 2. The number of carbonyl (C=O) groups excluding carboxylic acids is 2. The number of hydrogen-bond donors (Lipinski definition) is 2. The molecule has 2 aromatic rings. The Morgan fingerprint density at radius 3 is 2.30 bits per heavy atom. The molecule has 0 aliphatic rings. The Hall–Kier alpha value is -2.34. The van der Waals surface area contributed by atoms with Gasteiger partial charge in [-0.1, -0.05) is 20.8 Å². The number of hydrogen-bond acceptors (Lipinski definition) is 3. The maximum Gasteiger partial charge on any atom is 0.255 e. The Bertz CT molecular complexity index is 789. The van der Waals surface area contributed by atoms with Gasteiger partial charge < -0.3 is 15.4 Å². The van der Waals surface area contributed by atoms with Crippen molar-refractivity contribution >= 4 is 33.4 Å². The molecule has 0 bridgehead atoms. The van der Waals surface area contributed by atoms with E-state index in [1.54, 1.807) is 42.5 Å². The molecule has 0 fully saturated rings. The molecule has 0 aliphatic heterocycles. The molecule has 2 rings (SSSR count). The minimum absolute atomic E-state index is 0.115. The third kappa shape index (κ3) is 6.40. The highest BCUT2D eigenvalue weighted by Gasteiger charge is 2.11. The van der Waals surface area contributed by atoms with Crippen LogP contribution < -0.4 is 15.4 Å². The molecule has 5 nitrogen and oxygen atoms in total. The van der Waals surface area contributed by atoms with Crippen molar-refractivity contribution in [3.63, 3.8) is 0 Å². The minimum atomic E-state index is -0.228. The maximum absolute atomic E-state index is 12.5. The summed E-state index contributed by atoms with van der Waals surface area (Å²) in [4.78, 5) is 24.4. The van der Waals surface area contributed by atoms with E-state index in [9.17, 15) is 9.59 Å². The Labute approximate surface area is 168 Å². The third-order valence-electron chi connectivity index (χ3n) is 3.71. The van der Waals surface area contributed by atoms with Crippen LogP contribution in [0.5, 0.6) is 5.75 Å². The van der Waals surface area contributed by atoms with Crippen LogP contribution in [0.4, 0.5) is 5.69 Å². The molecule has 0 radical (unpaired) electrons. The summed E-state index contributed by atoms with van der Waals surface area (Å²) >= 11 is 3.45. The predicted molar refractivity (Wildman–Crippen MR) is 111 cm³/mol. The van der Waals surface area contributed by atoms with Gasteiger partial charge in [0.1, 0.15) is 5.75 Å². The number of nitrogens with one attached hydrogen (secondary N) is 2. The number of anilines is 1. The zero-order valence-electron chi connectivity index (χ0n) is 15.8. The Morgan fingerprint density at radius 1 is 1.04 bits per heavy atom. The first-order chi connectivity index (χ1) is 12.9. The second kappa shape index (κ2) is 10.1. The lowest BCUT2D eigenvalue weighted by molar-refractivity contribution is 0.0953. The summed E-state index contributed by atoms with van der Waals surface area (Å²) in [6.07, 6.45) is 0.886. The van der Waals surface area contributed by atoms with Gasteiger partial charge in [-0.25, -0.2) is 0 Å². The van der Waals surface area contributed by atoms with Gasteiger partial charge in [0.25, 0.3) is 11.8 Å². The van der Waals surface area contributed by atoms with Gasteiger partial charge >= 0.3 is 0 Å². The van der Waals surface area contributed by atoms with Crippen LogP contribution in [0.15, 0.2) is 46.9 Å². The molecule has 0 aromatic heterocycles. The van der Waals surface area contributed by atoms with E-state index in [0.717, 1.165) is 10.9 Å². The summed E-state index contributed by atoms with van der Waals surface area (Å²) in [7, 11) is 0. The van der Waals surface area contributed by atoms with E-state index in [4.69, 9.17) is 4.74 Å². The van der Waals surface area contributed by atoms with Crippen molar-refractivity contribution in [1.29, 1.82) is 0 Å². The van der Waals surface area contributed by atoms with Crippen LogP contribution in [0.3, 0.4) is 0 Å². The summed E-state index contributed by atoms with van der Waals surface area (Å²) in [6.45, 7) is 7.41. The summed E-state index contributed by atoms with van der Waals surface area (Å²) in [5.41, 5.74) is 1.71. The monoisotopic (exact) mass is 432 g/mol. The lowest BCUT2D eigenvalue weighted by Crippen LogP contribution is -2.23. The fraction of sp³-hybridized carbons (Fsp3) is 0.333. The van der Waals surface area contributed by atoms with E-state index in [-0.39, 0.29) is 11.8 Å². The van der Waals surface area contributed by atoms with Crippen LogP contribution in [-0.2, 0) is 0 Å². The fourth-order valence-electron chi connectivity index (χ4n) is 2.26. The van der Waals surface area contributed by atoms with E-state index < -0.39 is 0 Å². The van der Waals surface area contributed by atoms with E-state index in [1.165, 1.54) is 0 Å². The highest BCUT2D eigenvalue weighted by molar-refractivity contribution is 9.10. The van der Waals surface area contributed by atoms with Crippen LogP contribution in [-0.4, -0.2) is 25.0 Å². The topological polar surface area (TPSA) is 67.4 Å². The fourth-order valence-corrected chi connectivity index (χ4v) is 2.76. The van der Waals surface area contributed by atoms with Crippen LogP contribution in [0.1, 0.15) is 47.9 Å². The average molecular weight is 433 g/mol. The highest BCUT2D eigenvalue weighted by atomic mass is 79.9. The molecule has 2 N–H and O–H groups in total. The van der Waals surface area contributed by atoms with Crippen LogP contribution in [0, 0.1) is 5.92 Å². The zero-order chi connectivity index (χ0) is 19.8. The number of amides is 2. The SMILES string of the molecule is CCCNC(=O)c1ccc(NC(=O)c2ccc(OCC(C)C)c(Br)c2)cc1. The first kappa shape index (κ1) is 21.0. The molecule has 27 heavy (non-hydrogen) atoms. The van der Waals surface area contributed by atoms with Crippen molar-refractivity contribution in [3.05, 3.63) is 58.1 Å². The van der Waals surface area contributed by atoms with Gasteiger partial charge in [0.15, 0.2) is 0 Å². The predicted octanol–water partition coefficient (Wildman–Crippen LogP) is 4.88. The summed E-state index contributed by atoms with van der Waals surface area (Å²) in [6, 6.07) is 12.1. The first-order valence-electron chi connectivity index (χ1n) is 9.02. The quantitative estimate of drug-likeness (QED) is 0.624. The van der Waals surface area contributed by atoms with Crippen molar-refractivity contribution < 1.29 is 14.3 Å². The van der Waals surface area contributed by atoms with Crippen LogP contribution >= 0.6 is 15.9 Å². The lowest BCUT2D eigenvalue weighted by atomic mass is 10.1. The molecule has 0 heterocycles. The van der Waals surface area contributed by atoms with Gasteiger partial charge in [-0.15, -0.1) is 0 Å². The van der Waals surface area contributed by atoms with Crippen molar-refractivity contribution in [2.24, 2.45) is 5.92 Å². The van der Waals surface area contributed by atoms with Crippen LogP contribution in [0.25, 0.3) is 0 Å². The maximum atomic E-state index is 12.5. The Kier molecular flexibility index (Phi) is 7.85. The minimum Gasteiger partial charge on any atom is -0.492 e. The molecule has 0 spiro atoms. The molecular formula is C21H25BrN2O3. The number of ether oxygens (including phenoxy) is 1. The molecule has 6 heteroatoms. The summed E-state index contributed by atoms with van der Waals surface area (Å²) in [5.74, 6) is 0.791. The normalized spacial score (nSPS) is 10.6. The highest BCUT2D eigenvalue weighted by Crippen LogP contribution is 2.27. The number of halogens is 1. The first-order valence-corrected chi connectivity index (χ1v) is 9.82. The molecule has 0 saturated heterocycles. The van der Waals surface area contributed by atoms with Crippen molar-refractivity contribution in [2.45, 2.75) is 27.2 Å². The van der Waals surface area contributed by atoms with Gasteiger partial charge in [0.2, 0.25) is 0 Å². The van der Waals surface area contributed by atoms with Crippen LogP contribution in [0.2, 0.25) is 0 Å².